The first-order valence-corrected chi connectivity index (χ1v) is 7.24. The summed E-state index contributed by atoms with van der Waals surface area (Å²) in [5.41, 5.74) is 15.8. The minimum Gasteiger partial charge on any atom is -0.360 e. The lowest BCUT2D eigenvalue weighted by Gasteiger charge is -1.96. The quantitative estimate of drug-likeness (QED) is 0.186. The van der Waals surface area contributed by atoms with E-state index in [1.165, 1.54) is 48.5 Å². The van der Waals surface area contributed by atoms with Crippen molar-refractivity contribution in [2.24, 2.45) is 0 Å². The zero-order valence-electron chi connectivity index (χ0n) is 13.2. The van der Waals surface area contributed by atoms with Crippen molar-refractivity contribution in [2.45, 2.75) is 0 Å². The first-order valence-electron chi connectivity index (χ1n) is 7.24. The molecule has 0 atom stereocenters. The number of carbonyl (C=O) groups excluding carboxylic acids is 4. The summed E-state index contributed by atoms with van der Waals surface area (Å²) in [6.45, 7) is 0. The molecule has 8 heteroatoms. The Labute approximate surface area is 146 Å². The second kappa shape index (κ2) is 8.12. The van der Waals surface area contributed by atoms with Gasteiger partial charge in [-0.2, -0.15) is 9.58 Å². The third-order valence-corrected chi connectivity index (χ3v) is 3.34. The Bertz CT molecular complexity index is 917. The summed E-state index contributed by atoms with van der Waals surface area (Å²) in [6.07, 6.45) is 0. The highest BCUT2D eigenvalue weighted by Gasteiger charge is 2.44. The average Bonchev–Trinajstić information content (AvgIpc) is 2.70. The SMILES string of the molecule is [N-]=[N+]=C(C(=O)C(=O)C(=[N+]=[N-])C(=O)c1ccccc1)C(=O)c1ccccc1. The fourth-order valence-corrected chi connectivity index (χ4v) is 2.06. The van der Waals surface area contributed by atoms with Crippen molar-refractivity contribution >= 4 is 34.6 Å². The second-order valence-electron chi connectivity index (χ2n) is 4.95. The van der Waals surface area contributed by atoms with Crippen molar-refractivity contribution < 1.29 is 28.8 Å². The minimum absolute atomic E-state index is 0.00155. The molecule has 0 aromatic heterocycles. The Morgan fingerprint density at radius 2 is 0.885 bits per heavy atom. The van der Waals surface area contributed by atoms with Gasteiger partial charge in [0, 0.05) is 11.1 Å². The van der Waals surface area contributed by atoms with Gasteiger partial charge < -0.3 is 11.1 Å². The molecular weight excluding hydrogens is 336 g/mol. The summed E-state index contributed by atoms with van der Waals surface area (Å²) in [5, 5.41) is 0. The van der Waals surface area contributed by atoms with E-state index in [0.717, 1.165) is 0 Å². The van der Waals surface area contributed by atoms with E-state index in [4.69, 9.17) is 11.1 Å². The molecule has 0 fully saturated rings. The molecule has 0 aliphatic carbocycles. The molecule has 0 heterocycles. The number of hydrogen-bond acceptors (Lipinski definition) is 4. The van der Waals surface area contributed by atoms with Crippen LogP contribution in [0.3, 0.4) is 0 Å². The summed E-state index contributed by atoms with van der Waals surface area (Å²) in [4.78, 5) is 54.0. The molecule has 8 nitrogen and oxygen atoms in total. The molecule has 126 valence electrons. The molecule has 0 saturated heterocycles. The van der Waals surface area contributed by atoms with Crippen LogP contribution in [0.15, 0.2) is 60.7 Å². The molecule has 26 heavy (non-hydrogen) atoms. The summed E-state index contributed by atoms with van der Waals surface area (Å²) in [6, 6.07) is 14.7. The van der Waals surface area contributed by atoms with Crippen molar-refractivity contribution in [2.75, 3.05) is 0 Å². The molecule has 0 aliphatic heterocycles. The van der Waals surface area contributed by atoms with E-state index in [1.54, 1.807) is 12.1 Å². The topological polar surface area (TPSA) is 141 Å². The molecule has 0 spiro atoms. The number of nitrogens with zero attached hydrogens (tertiary/aromatic N) is 4. The Morgan fingerprint density at radius 3 is 1.15 bits per heavy atom. The zero-order chi connectivity index (χ0) is 19.1. The predicted molar refractivity (Wildman–Crippen MR) is 88.8 cm³/mol. The lowest BCUT2D eigenvalue weighted by Crippen LogP contribution is -2.39. The standard InChI is InChI=1S/C18H10N4O4/c19-21-13(15(23)11-7-3-1-4-8-11)17(25)18(26)14(22-20)16(24)12-9-5-2-6-10-12/h1-10H. The molecule has 0 N–H and O–H groups in total. The summed E-state index contributed by atoms with van der Waals surface area (Å²) < 4.78 is 0. The van der Waals surface area contributed by atoms with Crippen molar-refractivity contribution in [3.8, 4) is 0 Å². The van der Waals surface area contributed by atoms with Crippen molar-refractivity contribution in [3.63, 3.8) is 0 Å². The molecule has 0 amide bonds. The van der Waals surface area contributed by atoms with Crippen molar-refractivity contribution in [1.82, 2.24) is 0 Å². The van der Waals surface area contributed by atoms with Crippen LogP contribution in [0.1, 0.15) is 20.7 Å². The van der Waals surface area contributed by atoms with E-state index in [0.29, 0.717) is 0 Å². The molecule has 2 aromatic rings. The number of carbonyl (C=O) groups is 4. The fourth-order valence-electron chi connectivity index (χ4n) is 2.06. The van der Waals surface area contributed by atoms with Gasteiger partial charge in [0.1, 0.15) is 0 Å². The van der Waals surface area contributed by atoms with Gasteiger partial charge in [-0.15, -0.1) is 0 Å². The lowest BCUT2D eigenvalue weighted by atomic mass is 9.96. The van der Waals surface area contributed by atoms with Crippen LogP contribution in [0.4, 0.5) is 0 Å². The van der Waals surface area contributed by atoms with Crippen LogP contribution in [0, 0.1) is 0 Å². The van der Waals surface area contributed by atoms with Crippen LogP contribution in [0.2, 0.25) is 0 Å². The van der Waals surface area contributed by atoms with E-state index < -0.39 is 34.6 Å². The van der Waals surface area contributed by atoms with Crippen LogP contribution in [0.5, 0.6) is 0 Å². The number of hydrogen-bond donors (Lipinski definition) is 0. The smallest absolute Gasteiger partial charge is 0.360 e. The second-order valence-corrected chi connectivity index (χ2v) is 4.95. The average molecular weight is 346 g/mol. The van der Waals surface area contributed by atoms with Gasteiger partial charge in [0.2, 0.25) is 0 Å². The van der Waals surface area contributed by atoms with Crippen LogP contribution >= 0.6 is 0 Å². The lowest BCUT2D eigenvalue weighted by molar-refractivity contribution is -0.133. The fraction of sp³-hybridized carbons (Fsp3) is 0. The van der Waals surface area contributed by atoms with E-state index >= 15 is 0 Å². The Kier molecular flexibility index (Phi) is 5.69. The van der Waals surface area contributed by atoms with Gasteiger partial charge in [-0.25, -0.2) is 0 Å². The Morgan fingerprint density at radius 1 is 0.577 bits per heavy atom. The third kappa shape index (κ3) is 3.68. The van der Waals surface area contributed by atoms with Gasteiger partial charge in [0.15, 0.2) is 0 Å². The summed E-state index contributed by atoms with van der Waals surface area (Å²) >= 11 is 0. The normalized spacial score (nSPS) is 9.38. The van der Waals surface area contributed by atoms with Gasteiger partial charge in [-0.1, -0.05) is 60.7 Å². The monoisotopic (exact) mass is 346 g/mol. The number of ketones is 4. The third-order valence-electron chi connectivity index (χ3n) is 3.34. The van der Waals surface area contributed by atoms with E-state index in [-0.39, 0.29) is 11.1 Å². The highest BCUT2D eigenvalue weighted by molar-refractivity contribution is 6.93. The van der Waals surface area contributed by atoms with E-state index in [9.17, 15) is 19.2 Å². The molecule has 0 aliphatic rings. The largest absolute Gasteiger partial charge is 0.413 e. The maximum absolute atomic E-state index is 12.2. The Balaban J connectivity index is 2.33. The summed E-state index contributed by atoms with van der Waals surface area (Å²) in [7, 11) is 0. The molecule has 0 unspecified atom stereocenters. The number of benzene rings is 2. The molecule has 0 saturated carbocycles. The zero-order valence-corrected chi connectivity index (χ0v) is 13.2. The van der Waals surface area contributed by atoms with Gasteiger partial charge in [-0.3, -0.25) is 19.2 Å². The highest BCUT2D eigenvalue weighted by Crippen LogP contribution is 2.04. The molecular formula is C18H10N4O4. The highest BCUT2D eigenvalue weighted by atomic mass is 16.2. The van der Waals surface area contributed by atoms with Crippen LogP contribution in [-0.4, -0.2) is 44.1 Å². The first kappa shape index (κ1) is 18.2. The number of Topliss-reactive ketones (excluding diaryl/α,β-unsaturated/α-hetero) is 4. The van der Waals surface area contributed by atoms with Crippen LogP contribution in [-0.2, 0) is 9.59 Å². The molecule has 0 radical (unpaired) electrons. The van der Waals surface area contributed by atoms with Crippen molar-refractivity contribution in [1.29, 1.82) is 0 Å². The van der Waals surface area contributed by atoms with Crippen molar-refractivity contribution in [3.05, 3.63) is 82.9 Å². The van der Waals surface area contributed by atoms with Gasteiger partial charge in [0.25, 0.3) is 11.6 Å². The van der Waals surface area contributed by atoms with Gasteiger partial charge in [-0.05, 0) is 0 Å². The maximum Gasteiger partial charge on any atom is 0.413 e. The van der Waals surface area contributed by atoms with Crippen LogP contribution < -0.4 is 0 Å². The molecule has 0 bridgehead atoms. The first-order chi connectivity index (χ1) is 12.5. The van der Waals surface area contributed by atoms with E-state index in [2.05, 4.69) is 9.58 Å². The van der Waals surface area contributed by atoms with Gasteiger partial charge in [0.05, 0.1) is 0 Å². The molecule has 2 rings (SSSR count). The minimum atomic E-state index is -1.57. The van der Waals surface area contributed by atoms with Gasteiger partial charge >= 0.3 is 23.0 Å². The van der Waals surface area contributed by atoms with Crippen LogP contribution in [0.25, 0.3) is 11.1 Å². The Hall–Kier alpha value is -4.12. The molecule has 2 aromatic carbocycles. The number of rotatable bonds is 7. The predicted octanol–water partition coefficient (Wildman–Crippen LogP) is 1.23. The van der Waals surface area contributed by atoms with E-state index in [1.807, 2.05) is 0 Å². The maximum atomic E-state index is 12.2. The summed E-state index contributed by atoms with van der Waals surface area (Å²) in [5.74, 6) is -5.18.